The monoisotopic (exact) mass is 1470 g/mol. The fourth-order valence-corrected chi connectivity index (χ4v) is 10.7. The van der Waals surface area contributed by atoms with Gasteiger partial charge in [0.05, 0.1) is 73.2 Å². The van der Waals surface area contributed by atoms with Crippen molar-refractivity contribution in [2.24, 2.45) is 0 Å². The number of terminal acetylenes is 1. The average Bonchev–Trinajstić information content (AvgIpc) is 1.54. The molecule has 44 heteroatoms. The standard InChI is InChI=1S/C19H15FN2O4.C15H16F3N5O4S.C14H10F4N4O7S.C3H8NO5P.C3H9S/c1-2-7-21-15-9-14(13(20)8-16(15)26-10-17(21)23)22-18(24)11-5-3-4-6-12(11)19(22)25;1-9-19-12(22-14(20-9)27-2)21-13(24)23-28(25,26)11-6-4-3-5-10(11)7-8-15(16,17)18;15-11(16)28-8-5-9(29-12(17)18)20-13(19-8)21-14(25)22-30(26,27)7-4-2-1-3-6(7)10(23)24;5-3(6)1-4-2-10(7,8)9;1-4(2)3/h1,8-9H,3-7,10H2;3-6H,7-8H2,1-2H3,(H2,19,20,21,22,23,24);1-5,11-12H,(H,23,24)(H2,19,20,21,22,25);4H,1-2H2,(H,5,6)(H2,7,8,9);1-3H3/q;;;;+1/p-1. The van der Waals surface area contributed by atoms with Crippen LogP contribution in [0.3, 0.4) is 0 Å². The molecule has 0 fully saturated rings. The third-order valence-corrected chi connectivity index (χ3v) is 15.1. The number of ether oxygens (including phenoxy) is 4. The van der Waals surface area contributed by atoms with Gasteiger partial charge in [-0.3, -0.25) is 40.0 Å². The number of methoxy groups -OCH3 is 1. The van der Waals surface area contributed by atoms with Crippen molar-refractivity contribution in [2.45, 2.75) is 74.6 Å². The lowest BCUT2D eigenvalue weighted by Gasteiger charge is -2.29. The summed E-state index contributed by atoms with van der Waals surface area (Å²) in [5, 5.41) is 22.8. The quantitative estimate of drug-likeness (QED) is 0.0172. The number of nitrogens with one attached hydrogen (secondary N) is 5. The Morgan fingerprint density at radius 1 is 0.796 bits per heavy atom. The number of urea groups is 2. The van der Waals surface area contributed by atoms with Gasteiger partial charge in [0.1, 0.15) is 24.1 Å². The van der Waals surface area contributed by atoms with E-state index in [4.69, 9.17) is 31.0 Å². The first-order valence-electron chi connectivity index (χ1n) is 27.1. The summed E-state index contributed by atoms with van der Waals surface area (Å²) in [6.45, 7) is -6.06. The molecular formula is C54H57F8N12O20PS3. The normalized spacial score (nSPS) is 13.9. The molecule has 2 aromatic heterocycles. The molecule has 4 heterocycles. The molecule has 7 amide bonds. The summed E-state index contributed by atoms with van der Waals surface area (Å²) < 4.78 is 182. The fourth-order valence-electron chi connectivity index (χ4n) is 8.01. The van der Waals surface area contributed by atoms with Crippen molar-refractivity contribution in [1.82, 2.24) is 39.7 Å². The van der Waals surface area contributed by atoms with Gasteiger partial charge in [-0.25, -0.2) is 50.0 Å². The summed E-state index contributed by atoms with van der Waals surface area (Å²) in [7, 11) is -11.6. The number of carbonyl (C=O) groups excluding carboxylic acids is 5. The van der Waals surface area contributed by atoms with Gasteiger partial charge in [0.25, 0.3) is 37.8 Å². The highest BCUT2D eigenvalue weighted by atomic mass is 32.2. The van der Waals surface area contributed by atoms with Crippen LogP contribution in [-0.2, 0) is 61.1 Å². The van der Waals surface area contributed by atoms with Crippen molar-refractivity contribution < 1.29 is 129 Å². The van der Waals surface area contributed by atoms with E-state index in [1.165, 1.54) is 60.1 Å². The molecule has 1 atom stereocenters. The number of sulfonamides is 2. The SMILES string of the molecule is C#CCN1C(=O)COc2cc(F)c(N3C(=O)C4=C(CCCC4)C3=O)cc21.COc1nc(C)nc(NC(=O)NS(=O)(=O)c2ccccc2CCC(F)(F)F)n1.C[S+](C)C.O=C(Nc1nc(OC(F)F)cc(OC(F)F)n1)NS(=O)(=O)c1ccccc1C(=O)O.O=C(O)CNCP(=O)([O-])O. The van der Waals surface area contributed by atoms with E-state index in [0.717, 1.165) is 42.0 Å². The number of carbonyl (C=O) groups is 7. The zero-order valence-corrected chi connectivity index (χ0v) is 54.6. The maximum atomic E-state index is 14.7. The van der Waals surface area contributed by atoms with Crippen LogP contribution in [0.15, 0.2) is 87.7 Å². The van der Waals surface area contributed by atoms with E-state index < -0.39 is 147 Å². The number of nitrogens with zero attached hydrogens (tertiary/aromatic N) is 7. The first-order chi connectivity index (χ1) is 45.6. The Hall–Kier alpha value is -9.86. The number of carboxylic acid groups (broad SMARTS) is 2. The van der Waals surface area contributed by atoms with E-state index in [0.29, 0.717) is 40.9 Å². The highest BCUT2D eigenvalue weighted by Crippen LogP contribution is 2.42. The Morgan fingerprint density at radius 2 is 1.31 bits per heavy atom. The summed E-state index contributed by atoms with van der Waals surface area (Å²) in [4.78, 5) is 119. The number of halogens is 8. The van der Waals surface area contributed by atoms with Gasteiger partial charge in [0.15, 0.2) is 12.4 Å². The Kier molecular flexibility index (Phi) is 29.5. The lowest BCUT2D eigenvalue weighted by atomic mass is 9.93. The minimum atomic E-state index is -4.71. The molecule has 1 unspecified atom stereocenters. The smallest absolute Gasteiger partial charge is 0.389 e. The lowest BCUT2D eigenvalue weighted by Crippen LogP contribution is -2.39. The van der Waals surface area contributed by atoms with Crippen LogP contribution < -0.4 is 59.0 Å². The maximum absolute atomic E-state index is 14.7. The lowest BCUT2D eigenvalue weighted by molar-refractivity contribution is -0.193. The zero-order chi connectivity index (χ0) is 73.6. The number of carboxylic acids is 2. The van der Waals surface area contributed by atoms with Crippen LogP contribution in [0.4, 0.5) is 68.0 Å². The molecule has 32 nitrogen and oxygen atoms in total. The first-order valence-corrected chi connectivity index (χ1v) is 34.3. The molecule has 0 spiro atoms. The number of fused-ring (bicyclic) bond motifs is 1. The molecule has 3 aromatic carbocycles. The largest absolute Gasteiger partial charge is 0.778 e. The van der Waals surface area contributed by atoms with E-state index in [1.807, 2.05) is 5.32 Å². The molecule has 0 radical (unpaired) electrons. The van der Waals surface area contributed by atoms with E-state index >= 15 is 0 Å². The minimum Gasteiger partial charge on any atom is -0.778 e. The molecule has 8 rings (SSSR count). The van der Waals surface area contributed by atoms with Crippen LogP contribution in [0.5, 0.6) is 23.5 Å². The Bertz CT molecular complexity index is 4070. The molecule has 5 aromatic rings. The third kappa shape index (κ3) is 25.6. The summed E-state index contributed by atoms with van der Waals surface area (Å²) in [6, 6.07) is 9.40. The second-order valence-electron chi connectivity index (χ2n) is 19.7. The van der Waals surface area contributed by atoms with Crippen LogP contribution in [0.2, 0.25) is 0 Å². The van der Waals surface area contributed by atoms with Crippen LogP contribution in [0.25, 0.3) is 0 Å². The number of benzene rings is 3. The molecule has 1 aliphatic carbocycles. The Labute approximate surface area is 553 Å². The van der Waals surface area contributed by atoms with Crippen LogP contribution in [0, 0.1) is 25.1 Å². The van der Waals surface area contributed by atoms with Gasteiger partial charge in [-0.2, -0.15) is 55.7 Å². The number of amides is 7. The second kappa shape index (κ2) is 35.9. The molecule has 0 bridgehead atoms. The number of alkyl halides is 7. The zero-order valence-electron chi connectivity index (χ0n) is 51.3. The average molecular weight is 1470 g/mol. The van der Waals surface area contributed by atoms with Crippen molar-refractivity contribution in [3.63, 3.8) is 0 Å². The predicted octanol–water partition coefficient (Wildman–Crippen LogP) is 4.67. The highest BCUT2D eigenvalue weighted by molar-refractivity contribution is 7.94. The van der Waals surface area contributed by atoms with Gasteiger partial charge in [0.2, 0.25) is 23.7 Å². The number of aromatic carboxylic acids is 1. The maximum Gasteiger partial charge on any atom is 0.389 e. The third-order valence-electron chi connectivity index (χ3n) is 11.7. The van der Waals surface area contributed by atoms with Crippen LogP contribution in [0.1, 0.15) is 53.8 Å². The van der Waals surface area contributed by atoms with E-state index in [1.54, 1.807) is 10.0 Å². The van der Waals surface area contributed by atoms with Gasteiger partial charge in [0, 0.05) is 23.6 Å². The van der Waals surface area contributed by atoms with Gasteiger partial charge >= 0.3 is 49.4 Å². The van der Waals surface area contributed by atoms with Crippen molar-refractivity contribution in [2.75, 3.05) is 72.3 Å². The van der Waals surface area contributed by atoms with Gasteiger partial charge < -0.3 is 43.5 Å². The number of aromatic nitrogens is 5. The summed E-state index contributed by atoms with van der Waals surface area (Å²) in [5.41, 5.74) is 0.277. The van der Waals surface area contributed by atoms with Crippen molar-refractivity contribution >= 4 is 104 Å². The van der Waals surface area contributed by atoms with Crippen molar-refractivity contribution in [3.05, 3.63) is 101 Å². The predicted molar refractivity (Wildman–Crippen MR) is 326 cm³/mol. The molecule has 3 aliphatic rings. The highest BCUT2D eigenvalue weighted by Gasteiger charge is 2.42. The van der Waals surface area contributed by atoms with Crippen molar-refractivity contribution in [3.8, 4) is 35.9 Å². The molecule has 532 valence electrons. The Morgan fingerprint density at radius 3 is 1.80 bits per heavy atom. The van der Waals surface area contributed by atoms with Gasteiger partial charge in [-0.15, -0.1) is 6.42 Å². The van der Waals surface area contributed by atoms with E-state index in [2.05, 4.69) is 64.4 Å². The molecule has 2 aliphatic heterocycles. The summed E-state index contributed by atoms with van der Waals surface area (Å²) in [5.74, 6) is -5.27. The number of hydrogen-bond donors (Lipinski definition) is 8. The summed E-state index contributed by atoms with van der Waals surface area (Å²) in [6.07, 6.45) is 7.69. The van der Waals surface area contributed by atoms with Crippen LogP contribution >= 0.6 is 7.60 Å². The minimum absolute atomic E-state index is 0.0170. The fraction of sp³-hybridized carbons (Fsp3) is 0.333. The second-order valence-corrected chi connectivity index (χ2v) is 27.0. The van der Waals surface area contributed by atoms with Gasteiger partial charge in [-0.05, 0) is 79.8 Å². The van der Waals surface area contributed by atoms with Crippen LogP contribution in [-0.4, -0.2) is 170 Å². The van der Waals surface area contributed by atoms with Gasteiger partial charge in [-0.1, -0.05) is 36.3 Å². The molecule has 8 N–H and O–H groups in total. The van der Waals surface area contributed by atoms with E-state index in [9.17, 15) is 95.0 Å². The first kappa shape index (κ1) is 80.6. The molecule has 0 saturated heterocycles. The Balaban J connectivity index is 0.000000284. The number of imide groups is 1. The topological polar surface area (TPSA) is 457 Å². The molecular weight excluding hydrogens is 1420 g/mol. The number of aryl methyl sites for hydroxylation is 2. The van der Waals surface area contributed by atoms with Crippen molar-refractivity contribution in [1.29, 1.82) is 0 Å². The number of anilines is 4. The summed E-state index contributed by atoms with van der Waals surface area (Å²) >= 11 is 0. The number of aliphatic carboxylic acids is 1. The molecule has 98 heavy (non-hydrogen) atoms. The van der Waals surface area contributed by atoms with E-state index in [-0.39, 0.29) is 59.5 Å². The number of rotatable bonds is 20. The number of hydrogen-bond acceptors (Lipinski definition) is 23. The molecule has 0 saturated carbocycles.